The Hall–Kier alpha value is -0.540. The van der Waals surface area contributed by atoms with Crippen molar-refractivity contribution >= 4 is 11.6 Å². The van der Waals surface area contributed by atoms with Crippen LogP contribution in [-0.2, 0) is 13.6 Å². The largest absolute Gasteiger partial charge is 0.312 e. The maximum Gasteiger partial charge on any atom is 0.131 e. The molecule has 15 heavy (non-hydrogen) atoms. The van der Waals surface area contributed by atoms with Gasteiger partial charge in [-0.1, -0.05) is 25.4 Å². The van der Waals surface area contributed by atoms with Crippen molar-refractivity contribution in [2.75, 3.05) is 6.54 Å². The molecule has 3 nitrogen and oxygen atoms in total. The van der Waals surface area contributed by atoms with E-state index >= 15 is 0 Å². The number of hydrogen-bond donors (Lipinski definition) is 1. The number of nitrogens with one attached hydrogen (secondary N) is 1. The molecular weight excluding hydrogens is 210 g/mol. The highest BCUT2D eigenvalue weighted by atomic mass is 35.5. The van der Waals surface area contributed by atoms with Crippen LogP contribution in [0.25, 0.3) is 0 Å². The van der Waals surface area contributed by atoms with E-state index in [9.17, 15) is 0 Å². The third-order valence-corrected chi connectivity index (χ3v) is 2.94. The molecule has 0 spiro atoms. The van der Waals surface area contributed by atoms with Crippen LogP contribution in [0.1, 0.15) is 31.5 Å². The lowest BCUT2D eigenvalue weighted by atomic mass is 10.1. The van der Waals surface area contributed by atoms with Crippen LogP contribution >= 0.6 is 11.6 Å². The second-order valence-electron chi connectivity index (χ2n) is 4.34. The van der Waals surface area contributed by atoms with E-state index in [1.807, 2.05) is 14.0 Å². The van der Waals surface area contributed by atoms with E-state index in [0.29, 0.717) is 0 Å². The van der Waals surface area contributed by atoms with Gasteiger partial charge in [0.2, 0.25) is 0 Å². The Morgan fingerprint density at radius 1 is 1.47 bits per heavy atom. The van der Waals surface area contributed by atoms with Gasteiger partial charge in [0.05, 0.1) is 5.69 Å². The molecular formula is C11H20ClN3. The van der Waals surface area contributed by atoms with Gasteiger partial charge < -0.3 is 5.32 Å². The van der Waals surface area contributed by atoms with E-state index in [1.54, 1.807) is 4.68 Å². The summed E-state index contributed by atoms with van der Waals surface area (Å²) in [4.78, 5) is 0. The van der Waals surface area contributed by atoms with E-state index in [0.717, 1.165) is 35.4 Å². The summed E-state index contributed by atoms with van der Waals surface area (Å²) in [6.07, 6.45) is 1.19. The van der Waals surface area contributed by atoms with Crippen LogP contribution in [0.4, 0.5) is 0 Å². The van der Waals surface area contributed by atoms with Gasteiger partial charge in [-0.25, -0.2) is 0 Å². The number of aromatic nitrogens is 2. The van der Waals surface area contributed by atoms with Crippen molar-refractivity contribution in [2.24, 2.45) is 13.0 Å². The van der Waals surface area contributed by atoms with Gasteiger partial charge in [0.1, 0.15) is 5.15 Å². The van der Waals surface area contributed by atoms with E-state index in [-0.39, 0.29) is 0 Å². The summed E-state index contributed by atoms with van der Waals surface area (Å²) in [7, 11) is 1.87. The normalized spacial score (nSPS) is 11.3. The zero-order valence-corrected chi connectivity index (χ0v) is 10.7. The van der Waals surface area contributed by atoms with E-state index in [4.69, 9.17) is 11.6 Å². The number of aryl methyl sites for hydroxylation is 2. The lowest BCUT2D eigenvalue weighted by molar-refractivity contribution is 0.537. The molecule has 4 heteroatoms. The SMILES string of the molecule is Cc1nn(C)c(Cl)c1CNCCC(C)C. The molecule has 1 heterocycles. The van der Waals surface area contributed by atoms with Crippen molar-refractivity contribution in [3.63, 3.8) is 0 Å². The predicted octanol–water partition coefficient (Wildman–Crippen LogP) is 2.52. The molecule has 0 saturated heterocycles. The standard InChI is InChI=1S/C11H20ClN3/c1-8(2)5-6-13-7-10-9(3)14-15(4)11(10)12/h8,13H,5-7H2,1-4H3. The minimum absolute atomic E-state index is 0.739. The van der Waals surface area contributed by atoms with E-state index in [2.05, 4.69) is 24.3 Å². The summed E-state index contributed by atoms with van der Waals surface area (Å²) in [5, 5.41) is 8.40. The molecule has 0 aliphatic heterocycles. The average molecular weight is 230 g/mol. The molecule has 1 rings (SSSR count). The quantitative estimate of drug-likeness (QED) is 0.787. The molecule has 0 atom stereocenters. The smallest absolute Gasteiger partial charge is 0.131 e. The molecule has 0 amide bonds. The summed E-state index contributed by atoms with van der Waals surface area (Å²) >= 11 is 6.12. The van der Waals surface area contributed by atoms with Crippen molar-refractivity contribution in [3.05, 3.63) is 16.4 Å². The molecule has 1 N–H and O–H groups in total. The van der Waals surface area contributed by atoms with Gasteiger partial charge in [-0.05, 0) is 25.8 Å². The zero-order chi connectivity index (χ0) is 11.4. The van der Waals surface area contributed by atoms with Crippen LogP contribution in [0.3, 0.4) is 0 Å². The van der Waals surface area contributed by atoms with Crippen LogP contribution in [0.5, 0.6) is 0 Å². The van der Waals surface area contributed by atoms with Crippen molar-refractivity contribution in [1.29, 1.82) is 0 Å². The maximum atomic E-state index is 6.12. The summed E-state index contributed by atoms with van der Waals surface area (Å²) < 4.78 is 1.72. The Morgan fingerprint density at radius 2 is 2.13 bits per heavy atom. The number of halogens is 1. The topological polar surface area (TPSA) is 29.9 Å². The van der Waals surface area contributed by atoms with E-state index in [1.165, 1.54) is 6.42 Å². The summed E-state index contributed by atoms with van der Waals surface area (Å²) in [6.45, 7) is 8.28. The Balaban J connectivity index is 2.44. The highest BCUT2D eigenvalue weighted by Crippen LogP contribution is 2.17. The first-order valence-corrected chi connectivity index (χ1v) is 5.78. The Morgan fingerprint density at radius 3 is 2.60 bits per heavy atom. The maximum absolute atomic E-state index is 6.12. The fraction of sp³-hybridized carbons (Fsp3) is 0.727. The van der Waals surface area contributed by atoms with Gasteiger partial charge in [0, 0.05) is 19.2 Å². The van der Waals surface area contributed by atoms with Gasteiger partial charge in [-0.15, -0.1) is 0 Å². The van der Waals surface area contributed by atoms with Crippen LogP contribution < -0.4 is 5.32 Å². The molecule has 0 aromatic carbocycles. The van der Waals surface area contributed by atoms with Crippen LogP contribution in [0.15, 0.2) is 0 Å². The third-order valence-electron chi connectivity index (χ3n) is 2.47. The van der Waals surface area contributed by atoms with Gasteiger partial charge in [0.25, 0.3) is 0 Å². The van der Waals surface area contributed by atoms with Crippen molar-refractivity contribution < 1.29 is 0 Å². The summed E-state index contributed by atoms with van der Waals surface area (Å²) in [5.74, 6) is 0.739. The predicted molar refractivity (Wildman–Crippen MR) is 64.1 cm³/mol. The first-order valence-electron chi connectivity index (χ1n) is 5.41. The first-order chi connectivity index (χ1) is 7.02. The fourth-order valence-corrected chi connectivity index (χ4v) is 1.72. The Bertz CT molecular complexity index is 318. The third kappa shape index (κ3) is 3.50. The summed E-state index contributed by atoms with van der Waals surface area (Å²) in [6, 6.07) is 0. The molecule has 0 radical (unpaired) electrons. The van der Waals surface area contributed by atoms with E-state index < -0.39 is 0 Å². The number of rotatable bonds is 5. The average Bonchev–Trinajstić information content (AvgIpc) is 2.37. The first kappa shape index (κ1) is 12.5. The van der Waals surface area contributed by atoms with Crippen molar-refractivity contribution in [3.8, 4) is 0 Å². The number of hydrogen-bond acceptors (Lipinski definition) is 2. The van der Waals surface area contributed by atoms with Crippen LogP contribution in [0.2, 0.25) is 5.15 Å². The summed E-state index contributed by atoms with van der Waals surface area (Å²) in [5.41, 5.74) is 2.13. The second-order valence-corrected chi connectivity index (χ2v) is 4.70. The van der Waals surface area contributed by atoms with Gasteiger partial charge in [0.15, 0.2) is 0 Å². The minimum Gasteiger partial charge on any atom is -0.312 e. The lowest BCUT2D eigenvalue weighted by Crippen LogP contribution is -2.16. The van der Waals surface area contributed by atoms with Gasteiger partial charge in [-0.2, -0.15) is 5.10 Å². The number of nitrogens with zero attached hydrogens (tertiary/aromatic N) is 2. The monoisotopic (exact) mass is 229 g/mol. The van der Waals surface area contributed by atoms with Crippen molar-refractivity contribution in [1.82, 2.24) is 15.1 Å². The molecule has 1 aromatic heterocycles. The molecule has 0 aliphatic carbocycles. The van der Waals surface area contributed by atoms with Crippen LogP contribution in [-0.4, -0.2) is 16.3 Å². The lowest BCUT2D eigenvalue weighted by Gasteiger charge is -2.06. The molecule has 0 unspecified atom stereocenters. The minimum atomic E-state index is 0.739. The Labute approximate surface area is 96.8 Å². The van der Waals surface area contributed by atoms with Crippen LogP contribution in [0, 0.1) is 12.8 Å². The molecule has 0 saturated carbocycles. The Kier molecular flexibility index (Phi) is 4.61. The molecule has 0 aliphatic rings. The van der Waals surface area contributed by atoms with Gasteiger partial charge >= 0.3 is 0 Å². The zero-order valence-electron chi connectivity index (χ0n) is 9.97. The van der Waals surface area contributed by atoms with Crippen molar-refractivity contribution in [2.45, 2.75) is 33.7 Å². The highest BCUT2D eigenvalue weighted by molar-refractivity contribution is 6.30. The highest BCUT2D eigenvalue weighted by Gasteiger charge is 2.09. The second kappa shape index (κ2) is 5.52. The molecule has 0 bridgehead atoms. The van der Waals surface area contributed by atoms with Gasteiger partial charge in [-0.3, -0.25) is 4.68 Å². The molecule has 86 valence electrons. The molecule has 1 aromatic rings. The fourth-order valence-electron chi connectivity index (χ4n) is 1.48. The molecule has 0 fully saturated rings.